The Morgan fingerprint density at radius 2 is 1.77 bits per heavy atom. The molecule has 0 radical (unpaired) electrons. The molecule has 0 bridgehead atoms. The molecule has 0 unspecified atom stereocenters. The maximum Gasteiger partial charge on any atom is 0.228 e. The van der Waals surface area contributed by atoms with Crippen LogP contribution in [-0.2, 0) is 11.2 Å². The van der Waals surface area contributed by atoms with E-state index in [1.54, 1.807) is 50.6 Å². The summed E-state index contributed by atoms with van der Waals surface area (Å²) >= 11 is 0. The third kappa shape index (κ3) is 3.76. The summed E-state index contributed by atoms with van der Waals surface area (Å²) < 4.78 is 10.4. The standard InChI is InChI=1S/C17H16N2O3/c1-21-15-8-5-13(9-16(15)22-2)10-17(20)19-14-6-3-12(11-18)4-7-14/h3-9H,10H2,1-2H3,(H,19,20). The number of nitriles is 1. The van der Waals surface area contributed by atoms with Gasteiger partial charge in [-0.2, -0.15) is 5.26 Å². The van der Waals surface area contributed by atoms with Crippen LogP contribution in [0.2, 0.25) is 0 Å². The highest BCUT2D eigenvalue weighted by atomic mass is 16.5. The number of methoxy groups -OCH3 is 2. The number of amides is 1. The molecule has 0 aliphatic carbocycles. The second-order valence-electron chi connectivity index (χ2n) is 4.60. The van der Waals surface area contributed by atoms with Gasteiger partial charge in [-0.15, -0.1) is 0 Å². The van der Waals surface area contributed by atoms with Crippen molar-refractivity contribution in [3.05, 3.63) is 53.6 Å². The lowest BCUT2D eigenvalue weighted by Crippen LogP contribution is -2.14. The van der Waals surface area contributed by atoms with E-state index in [0.717, 1.165) is 5.56 Å². The summed E-state index contributed by atoms with van der Waals surface area (Å²) in [6.45, 7) is 0. The summed E-state index contributed by atoms with van der Waals surface area (Å²) in [7, 11) is 3.12. The molecule has 2 aromatic carbocycles. The van der Waals surface area contributed by atoms with Crippen molar-refractivity contribution in [2.75, 3.05) is 19.5 Å². The van der Waals surface area contributed by atoms with Gasteiger partial charge in [-0.25, -0.2) is 0 Å². The Labute approximate surface area is 129 Å². The Morgan fingerprint density at radius 1 is 1.09 bits per heavy atom. The van der Waals surface area contributed by atoms with E-state index < -0.39 is 0 Å². The number of carbonyl (C=O) groups excluding carboxylic acids is 1. The topological polar surface area (TPSA) is 71.3 Å². The second kappa shape index (κ2) is 7.14. The van der Waals surface area contributed by atoms with E-state index in [1.165, 1.54) is 0 Å². The van der Waals surface area contributed by atoms with Crippen molar-refractivity contribution in [3.63, 3.8) is 0 Å². The third-order valence-electron chi connectivity index (χ3n) is 3.11. The van der Waals surface area contributed by atoms with Gasteiger partial charge in [0.15, 0.2) is 11.5 Å². The normalized spacial score (nSPS) is 9.68. The van der Waals surface area contributed by atoms with Gasteiger partial charge in [-0.3, -0.25) is 4.79 Å². The number of nitrogens with zero attached hydrogens (tertiary/aromatic N) is 1. The number of hydrogen-bond donors (Lipinski definition) is 1. The Morgan fingerprint density at radius 3 is 2.36 bits per heavy atom. The third-order valence-corrected chi connectivity index (χ3v) is 3.11. The average Bonchev–Trinajstić information content (AvgIpc) is 2.55. The van der Waals surface area contributed by atoms with E-state index in [9.17, 15) is 4.79 Å². The zero-order valence-corrected chi connectivity index (χ0v) is 12.4. The molecule has 2 aromatic rings. The van der Waals surface area contributed by atoms with Crippen LogP contribution < -0.4 is 14.8 Å². The molecule has 1 amide bonds. The monoisotopic (exact) mass is 296 g/mol. The van der Waals surface area contributed by atoms with Crippen LogP contribution >= 0.6 is 0 Å². The summed E-state index contributed by atoms with van der Waals surface area (Å²) in [6, 6.07) is 14.1. The molecule has 0 fully saturated rings. The molecular formula is C17H16N2O3. The molecule has 0 spiro atoms. The Kier molecular flexibility index (Phi) is 4.99. The number of benzene rings is 2. The van der Waals surface area contributed by atoms with E-state index in [1.807, 2.05) is 12.1 Å². The molecule has 5 nitrogen and oxygen atoms in total. The maximum atomic E-state index is 12.0. The number of ether oxygens (including phenoxy) is 2. The molecule has 22 heavy (non-hydrogen) atoms. The van der Waals surface area contributed by atoms with Crippen molar-refractivity contribution in [2.45, 2.75) is 6.42 Å². The lowest BCUT2D eigenvalue weighted by Gasteiger charge is -2.10. The number of nitrogens with one attached hydrogen (secondary N) is 1. The van der Waals surface area contributed by atoms with Crippen molar-refractivity contribution in [1.29, 1.82) is 5.26 Å². The lowest BCUT2D eigenvalue weighted by atomic mass is 10.1. The lowest BCUT2D eigenvalue weighted by molar-refractivity contribution is -0.115. The van der Waals surface area contributed by atoms with Crippen LogP contribution in [0.4, 0.5) is 5.69 Å². The number of hydrogen-bond acceptors (Lipinski definition) is 4. The van der Waals surface area contributed by atoms with Crippen LogP contribution in [0.3, 0.4) is 0 Å². The average molecular weight is 296 g/mol. The van der Waals surface area contributed by atoms with Gasteiger partial charge in [0, 0.05) is 5.69 Å². The zero-order chi connectivity index (χ0) is 15.9. The van der Waals surface area contributed by atoms with E-state index in [0.29, 0.717) is 22.7 Å². The fourth-order valence-electron chi connectivity index (χ4n) is 2.01. The van der Waals surface area contributed by atoms with Crippen molar-refractivity contribution in [2.24, 2.45) is 0 Å². The van der Waals surface area contributed by atoms with Gasteiger partial charge in [0.2, 0.25) is 5.91 Å². The zero-order valence-electron chi connectivity index (χ0n) is 12.4. The van der Waals surface area contributed by atoms with Gasteiger partial charge in [-0.1, -0.05) is 6.07 Å². The molecule has 112 valence electrons. The fourth-order valence-corrected chi connectivity index (χ4v) is 2.01. The minimum Gasteiger partial charge on any atom is -0.493 e. The first-order chi connectivity index (χ1) is 10.7. The molecule has 0 heterocycles. The fraction of sp³-hybridized carbons (Fsp3) is 0.176. The molecule has 5 heteroatoms. The number of anilines is 1. The van der Waals surface area contributed by atoms with Gasteiger partial charge in [0.05, 0.1) is 32.3 Å². The first kappa shape index (κ1) is 15.4. The molecule has 0 aliphatic rings. The molecule has 2 rings (SSSR count). The van der Waals surface area contributed by atoms with Gasteiger partial charge >= 0.3 is 0 Å². The molecule has 0 saturated heterocycles. The quantitative estimate of drug-likeness (QED) is 0.921. The molecule has 0 saturated carbocycles. The van der Waals surface area contributed by atoms with E-state index in [4.69, 9.17) is 14.7 Å². The minimum atomic E-state index is -0.142. The summed E-state index contributed by atoms with van der Waals surface area (Å²) in [4.78, 5) is 12.0. The summed E-state index contributed by atoms with van der Waals surface area (Å²) in [6.07, 6.45) is 0.223. The predicted octanol–water partition coefficient (Wildman–Crippen LogP) is 2.76. The van der Waals surface area contributed by atoms with Crippen LogP contribution in [-0.4, -0.2) is 20.1 Å². The van der Waals surface area contributed by atoms with Crippen LogP contribution in [0.5, 0.6) is 11.5 Å². The number of rotatable bonds is 5. The first-order valence-corrected chi connectivity index (χ1v) is 6.67. The Bertz CT molecular complexity index is 703. The second-order valence-corrected chi connectivity index (χ2v) is 4.60. The SMILES string of the molecule is COc1ccc(CC(=O)Nc2ccc(C#N)cc2)cc1OC. The summed E-state index contributed by atoms with van der Waals surface area (Å²) in [5.74, 6) is 1.07. The van der Waals surface area contributed by atoms with Crippen molar-refractivity contribution < 1.29 is 14.3 Å². The number of carbonyl (C=O) groups is 1. The van der Waals surface area contributed by atoms with Gasteiger partial charge in [0.25, 0.3) is 0 Å². The van der Waals surface area contributed by atoms with E-state index >= 15 is 0 Å². The van der Waals surface area contributed by atoms with Gasteiger partial charge < -0.3 is 14.8 Å². The Balaban J connectivity index is 2.03. The highest BCUT2D eigenvalue weighted by Gasteiger charge is 2.08. The molecule has 0 aliphatic heterocycles. The van der Waals surface area contributed by atoms with Crippen LogP contribution in [0.1, 0.15) is 11.1 Å². The minimum absolute atomic E-state index is 0.142. The van der Waals surface area contributed by atoms with Crippen LogP contribution in [0, 0.1) is 11.3 Å². The van der Waals surface area contributed by atoms with Gasteiger partial charge in [0.1, 0.15) is 0 Å². The van der Waals surface area contributed by atoms with Crippen molar-refractivity contribution in [3.8, 4) is 17.6 Å². The first-order valence-electron chi connectivity index (χ1n) is 6.67. The molecule has 0 atom stereocenters. The van der Waals surface area contributed by atoms with E-state index in [-0.39, 0.29) is 12.3 Å². The highest BCUT2D eigenvalue weighted by molar-refractivity contribution is 5.92. The van der Waals surface area contributed by atoms with Crippen LogP contribution in [0.15, 0.2) is 42.5 Å². The predicted molar refractivity (Wildman–Crippen MR) is 83.0 cm³/mol. The summed E-state index contributed by atoms with van der Waals surface area (Å²) in [5.41, 5.74) is 2.03. The summed E-state index contributed by atoms with van der Waals surface area (Å²) in [5, 5.41) is 11.5. The largest absolute Gasteiger partial charge is 0.493 e. The highest BCUT2D eigenvalue weighted by Crippen LogP contribution is 2.27. The molecular weight excluding hydrogens is 280 g/mol. The van der Waals surface area contributed by atoms with Crippen LogP contribution in [0.25, 0.3) is 0 Å². The molecule has 1 N–H and O–H groups in total. The van der Waals surface area contributed by atoms with Gasteiger partial charge in [-0.05, 0) is 42.0 Å². The van der Waals surface area contributed by atoms with E-state index in [2.05, 4.69) is 5.32 Å². The van der Waals surface area contributed by atoms with Crippen molar-refractivity contribution in [1.82, 2.24) is 0 Å². The molecule has 0 aromatic heterocycles. The van der Waals surface area contributed by atoms with Crippen molar-refractivity contribution >= 4 is 11.6 Å². The smallest absolute Gasteiger partial charge is 0.228 e. The Hall–Kier alpha value is -3.00. The maximum absolute atomic E-state index is 12.0.